The van der Waals surface area contributed by atoms with Crippen molar-refractivity contribution in [3.05, 3.63) is 23.3 Å². The third-order valence-corrected chi connectivity index (χ3v) is 8.85. The van der Waals surface area contributed by atoms with Crippen LogP contribution < -0.4 is 4.74 Å². The molecule has 3 aliphatic carbocycles. The first-order valence-corrected chi connectivity index (χ1v) is 11.8. The number of phenols is 1. The van der Waals surface area contributed by atoms with E-state index in [9.17, 15) is 30.6 Å². The first kappa shape index (κ1) is 22.4. The van der Waals surface area contributed by atoms with Gasteiger partial charge in [-0.2, -0.15) is 0 Å². The molecule has 1 saturated heterocycles. The van der Waals surface area contributed by atoms with Gasteiger partial charge in [-0.25, -0.2) is 0 Å². The van der Waals surface area contributed by atoms with Crippen molar-refractivity contribution in [2.24, 2.45) is 17.3 Å². The minimum atomic E-state index is -1.54. The van der Waals surface area contributed by atoms with Crippen LogP contribution in [0.25, 0.3) is 0 Å². The SMILES string of the molecule is C[C@]12CC[C@@H]3c4cc(O)c(O[C@@H]5O[C@H](CO)[C@@H](O)[C@H](O)[C@H]5O)cc4CC[C@H]3[C@@H]1CC[C@@H]2O. The fraction of sp³-hybridized carbons (Fsp3) is 0.750. The normalized spacial score (nSPS) is 45.6. The molecular formula is C24H34O8. The maximum Gasteiger partial charge on any atom is 0.229 e. The van der Waals surface area contributed by atoms with Crippen LogP contribution in [0.5, 0.6) is 11.5 Å². The zero-order valence-corrected chi connectivity index (χ0v) is 18.3. The number of hydrogen-bond donors (Lipinski definition) is 6. The van der Waals surface area contributed by atoms with Crippen molar-refractivity contribution in [1.29, 1.82) is 0 Å². The summed E-state index contributed by atoms with van der Waals surface area (Å²) in [4.78, 5) is 0. The summed E-state index contributed by atoms with van der Waals surface area (Å²) in [6.07, 6.45) is -1.42. The van der Waals surface area contributed by atoms with Crippen molar-refractivity contribution in [1.82, 2.24) is 0 Å². The Hall–Kier alpha value is -1.42. The second-order valence-corrected chi connectivity index (χ2v) is 10.4. The number of ether oxygens (including phenoxy) is 2. The van der Waals surface area contributed by atoms with E-state index in [0.717, 1.165) is 49.7 Å². The number of rotatable bonds is 3. The maximum atomic E-state index is 10.7. The van der Waals surface area contributed by atoms with Gasteiger partial charge in [0.25, 0.3) is 0 Å². The van der Waals surface area contributed by atoms with Gasteiger partial charge in [0.05, 0.1) is 12.7 Å². The number of aromatic hydroxyl groups is 1. The summed E-state index contributed by atoms with van der Waals surface area (Å²) in [7, 11) is 0. The van der Waals surface area contributed by atoms with E-state index in [1.807, 2.05) is 0 Å². The van der Waals surface area contributed by atoms with E-state index in [1.165, 1.54) is 0 Å². The van der Waals surface area contributed by atoms with E-state index in [2.05, 4.69) is 6.92 Å². The molecule has 10 atom stereocenters. The zero-order chi connectivity index (χ0) is 22.8. The second kappa shape index (κ2) is 8.11. The molecule has 2 saturated carbocycles. The zero-order valence-electron chi connectivity index (χ0n) is 18.3. The predicted octanol–water partition coefficient (Wildman–Crippen LogP) is 0.788. The molecule has 3 fully saturated rings. The van der Waals surface area contributed by atoms with Crippen LogP contribution in [0, 0.1) is 17.3 Å². The molecule has 5 rings (SSSR count). The fourth-order valence-electron chi connectivity index (χ4n) is 6.94. The van der Waals surface area contributed by atoms with Gasteiger partial charge in [-0.05, 0) is 85.0 Å². The summed E-state index contributed by atoms with van der Waals surface area (Å²) in [5.41, 5.74) is 2.21. The summed E-state index contributed by atoms with van der Waals surface area (Å²) >= 11 is 0. The molecule has 0 amide bonds. The van der Waals surface area contributed by atoms with Gasteiger partial charge in [0.15, 0.2) is 11.5 Å². The van der Waals surface area contributed by atoms with E-state index in [4.69, 9.17) is 9.47 Å². The van der Waals surface area contributed by atoms with Crippen LogP contribution in [0.3, 0.4) is 0 Å². The largest absolute Gasteiger partial charge is 0.504 e. The summed E-state index contributed by atoms with van der Waals surface area (Å²) < 4.78 is 11.1. The van der Waals surface area contributed by atoms with Crippen LogP contribution in [-0.4, -0.2) is 74.1 Å². The number of phenolic OH excluding ortho intramolecular Hbond substituents is 1. The Kier molecular flexibility index (Phi) is 5.67. The van der Waals surface area contributed by atoms with Crippen LogP contribution in [0.4, 0.5) is 0 Å². The molecule has 8 heteroatoms. The summed E-state index contributed by atoms with van der Waals surface area (Å²) in [6.45, 7) is 1.69. The van der Waals surface area contributed by atoms with Crippen molar-refractivity contribution in [2.45, 2.75) is 88.2 Å². The molecular weight excluding hydrogens is 416 g/mol. The smallest absolute Gasteiger partial charge is 0.229 e. The first-order chi connectivity index (χ1) is 15.2. The van der Waals surface area contributed by atoms with Gasteiger partial charge in [-0.1, -0.05) is 6.92 Å². The molecule has 6 N–H and O–H groups in total. The average molecular weight is 451 g/mol. The van der Waals surface area contributed by atoms with Gasteiger partial charge in [0, 0.05) is 0 Å². The van der Waals surface area contributed by atoms with Gasteiger partial charge in [0.1, 0.15) is 24.4 Å². The first-order valence-electron chi connectivity index (χ1n) is 11.8. The van der Waals surface area contributed by atoms with E-state index in [-0.39, 0.29) is 23.0 Å². The Bertz CT molecular complexity index is 859. The molecule has 0 unspecified atom stereocenters. The average Bonchev–Trinajstić information content (AvgIpc) is 3.09. The molecule has 1 aromatic carbocycles. The predicted molar refractivity (Wildman–Crippen MR) is 113 cm³/mol. The molecule has 1 heterocycles. The molecule has 0 radical (unpaired) electrons. The monoisotopic (exact) mass is 450 g/mol. The Balaban J connectivity index is 1.38. The van der Waals surface area contributed by atoms with Crippen molar-refractivity contribution in [3.8, 4) is 11.5 Å². The lowest BCUT2D eigenvalue weighted by atomic mass is 9.55. The van der Waals surface area contributed by atoms with Crippen LogP contribution in [-0.2, 0) is 11.2 Å². The molecule has 4 aliphatic rings. The topological polar surface area (TPSA) is 140 Å². The number of aryl methyl sites for hydroxylation is 1. The van der Waals surface area contributed by atoms with Gasteiger partial charge in [0.2, 0.25) is 6.29 Å². The molecule has 32 heavy (non-hydrogen) atoms. The van der Waals surface area contributed by atoms with Crippen LogP contribution in [0.15, 0.2) is 12.1 Å². The molecule has 0 spiro atoms. The highest BCUT2D eigenvalue weighted by Gasteiger charge is 2.54. The second-order valence-electron chi connectivity index (χ2n) is 10.4. The number of hydrogen-bond acceptors (Lipinski definition) is 8. The standard InChI is InChI=1S/C24H34O8/c1-24-7-6-12-13(15(24)4-5-19(24)27)3-2-11-8-17(16(26)9-14(11)12)31-23-22(30)21(29)20(28)18(10-25)32-23/h8-9,12-13,15,18-23,25-30H,2-7,10H2,1H3/t12-,13+,15-,18+,19-,20+,21-,22+,23+,24-/m0/s1. The molecule has 0 aromatic heterocycles. The van der Waals surface area contributed by atoms with E-state index in [0.29, 0.717) is 17.8 Å². The molecule has 8 nitrogen and oxygen atoms in total. The minimum Gasteiger partial charge on any atom is -0.504 e. The van der Waals surface area contributed by atoms with Crippen LogP contribution in [0.2, 0.25) is 0 Å². The van der Waals surface area contributed by atoms with Gasteiger partial charge in [-0.15, -0.1) is 0 Å². The lowest BCUT2D eigenvalue weighted by Crippen LogP contribution is -2.60. The van der Waals surface area contributed by atoms with Crippen LogP contribution >= 0.6 is 0 Å². The highest BCUT2D eigenvalue weighted by Crippen LogP contribution is 2.61. The van der Waals surface area contributed by atoms with Gasteiger partial charge >= 0.3 is 0 Å². The number of benzene rings is 1. The number of fused-ring (bicyclic) bond motifs is 5. The minimum absolute atomic E-state index is 0.00707. The van der Waals surface area contributed by atoms with E-state index >= 15 is 0 Å². The van der Waals surface area contributed by atoms with Crippen molar-refractivity contribution in [2.75, 3.05) is 6.61 Å². The Labute approximate surface area is 187 Å². The van der Waals surface area contributed by atoms with E-state index < -0.39 is 37.3 Å². The van der Waals surface area contributed by atoms with Gasteiger partial charge in [-0.3, -0.25) is 0 Å². The summed E-state index contributed by atoms with van der Waals surface area (Å²) in [5.74, 6) is 1.41. The van der Waals surface area contributed by atoms with Crippen molar-refractivity contribution < 1.29 is 40.1 Å². The quantitative estimate of drug-likeness (QED) is 0.397. The van der Waals surface area contributed by atoms with Crippen molar-refractivity contribution in [3.63, 3.8) is 0 Å². The molecule has 0 bridgehead atoms. The van der Waals surface area contributed by atoms with Crippen molar-refractivity contribution >= 4 is 0 Å². The summed E-state index contributed by atoms with van der Waals surface area (Å²) in [6, 6.07) is 3.53. The Morgan fingerprint density at radius 3 is 2.56 bits per heavy atom. The number of aliphatic hydroxyl groups excluding tert-OH is 5. The highest BCUT2D eigenvalue weighted by atomic mass is 16.7. The van der Waals surface area contributed by atoms with Crippen LogP contribution in [0.1, 0.15) is 56.1 Å². The molecule has 1 aliphatic heterocycles. The van der Waals surface area contributed by atoms with E-state index in [1.54, 1.807) is 12.1 Å². The lowest BCUT2D eigenvalue weighted by molar-refractivity contribution is -0.277. The number of aliphatic hydroxyl groups is 5. The fourth-order valence-corrected chi connectivity index (χ4v) is 6.94. The van der Waals surface area contributed by atoms with Gasteiger partial charge < -0.3 is 40.1 Å². The Morgan fingerprint density at radius 1 is 1.03 bits per heavy atom. The summed E-state index contributed by atoms with van der Waals surface area (Å²) in [5, 5.41) is 60.9. The third kappa shape index (κ3) is 3.35. The lowest BCUT2D eigenvalue weighted by Gasteiger charge is -2.50. The molecule has 178 valence electrons. The maximum absolute atomic E-state index is 10.7. The highest BCUT2D eigenvalue weighted by molar-refractivity contribution is 5.49. The third-order valence-electron chi connectivity index (χ3n) is 8.85. The Morgan fingerprint density at radius 2 is 1.81 bits per heavy atom. The molecule has 1 aromatic rings.